The highest BCUT2D eigenvalue weighted by Crippen LogP contribution is 2.44. The standard InChI is InChI=1S/C23H30N2O4/c1-5-25-19-12-20-15(10-17(19)14(2)13-23(25,3)4)11-18(22(28)29-20)21(27)24-8-6-16(26)7-9-24/h10-12,14,16,26H,5-9,13H2,1-4H3. The zero-order valence-corrected chi connectivity index (χ0v) is 17.7. The Balaban J connectivity index is 1.77. The van der Waals surface area contributed by atoms with Crippen LogP contribution >= 0.6 is 0 Å². The second kappa shape index (κ2) is 7.17. The molecule has 1 atom stereocenters. The van der Waals surface area contributed by atoms with Crippen molar-refractivity contribution in [1.82, 2.24) is 4.90 Å². The maximum atomic E-state index is 12.9. The Labute approximate surface area is 171 Å². The number of fused-ring (bicyclic) bond motifs is 2. The largest absolute Gasteiger partial charge is 0.422 e. The molecule has 2 aliphatic heterocycles. The number of anilines is 1. The first kappa shape index (κ1) is 20.0. The topological polar surface area (TPSA) is 74.0 Å². The Kier molecular flexibility index (Phi) is 4.93. The quantitative estimate of drug-likeness (QED) is 0.784. The fourth-order valence-electron chi connectivity index (χ4n) is 5.08. The number of carbonyl (C=O) groups is 1. The number of hydrogen-bond acceptors (Lipinski definition) is 5. The van der Waals surface area contributed by atoms with Crippen LogP contribution in [-0.2, 0) is 0 Å². The van der Waals surface area contributed by atoms with E-state index in [0.29, 0.717) is 37.4 Å². The molecule has 6 nitrogen and oxygen atoms in total. The first-order chi connectivity index (χ1) is 13.7. The normalized spacial score (nSPS) is 22.0. The molecule has 0 spiro atoms. The Hall–Kier alpha value is -2.34. The van der Waals surface area contributed by atoms with E-state index in [4.69, 9.17) is 4.42 Å². The molecule has 1 aromatic heterocycles. The summed E-state index contributed by atoms with van der Waals surface area (Å²) >= 11 is 0. The molecular formula is C23H30N2O4. The molecule has 0 aliphatic carbocycles. The summed E-state index contributed by atoms with van der Waals surface area (Å²) in [6.07, 6.45) is 1.75. The van der Waals surface area contributed by atoms with Gasteiger partial charge in [0.05, 0.1) is 6.10 Å². The van der Waals surface area contributed by atoms with Crippen LogP contribution in [0.15, 0.2) is 27.4 Å². The molecule has 0 saturated carbocycles. The summed E-state index contributed by atoms with van der Waals surface area (Å²) in [4.78, 5) is 29.5. The van der Waals surface area contributed by atoms with Crippen LogP contribution in [0.3, 0.4) is 0 Å². The van der Waals surface area contributed by atoms with E-state index < -0.39 is 5.63 Å². The average molecular weight is 399 g/mol. The van der Waals surface area contributed by atoms with Gasteiger partial charge >= 0.3 is 5.63 Å². The maximum absolute atomic E-state index is 12.9. The number of benzene rings is 1. The Morgan fingerprint density at radius 1 is 1.24 bits per heavy atom. The van der Waals surface area contributed by atoms with E-state index in [-0.39, 0.29) is 23.1 Å². The molecule has 4 rings (SSSR count). The molecular weight excluding hydrogens is 368 g/mol. The van der Waals surface area contributed by atoms with Gasteiger partial charge in [0, 0.05) is 42.3 Å². The number of nitrogens with zero attached hydrogens (tertiary/aromatic N) is 2. The third-order valence-corrected chi connectivity index (χ3v) is 6.54. The van der Waals surface area contributed by atoms with Crippen LogP contribution in [0.4, 0.5) is 5.69 Å². The van der Waals surface area contributed by atoms with Gasteiger partial charge in [0.25, 0.3) is 5.91 Å². The molecule has 2 aliphatic rings. The molecule has 0 radical (unpaired) electrons. The molecule has 156 valence electrons. The van der Waals surface area contributed by atoms with Crippen molar-refractivity contribution in [3.63, 3.8) is 0 Å². The summed E-state index contributed by atoms with van der Waals surface area (Å²) in [5.74, 6) is 0.0662. The number of likely N-dealkylation sites (tertiary alicyclic amines) is 1. The number of carbonyl (C=O) groups excluding carboxylic acids is 1. The number of aliphatic hydroxyl groups excluding tert-OH is 1. The van der Waals surface area contributed by atoms with E-state index in [1.165, 1.54) is 5.56 Å². The zero-order chi connectivity index (χ0) is 20.9. The van der Waals surface area contributed by atoms with Gasteiger partial charge < -0.3 is 19.3 Å². The summed E-state index contributed by atoms with van der Waals surface area (Å²) in [6.45, 7) is 10.6. The molecule has 1 fully saturated rings. The SMILES string of the molecule is CCN1c2cc3oc(=O)c(C(=O)N4CCC(O)CC4)cc3cc2C(C)CC1(C)C. The van der Waals surface area contributed by atoms with Crippen molar-refractivity contribution in [3.05, 3.63) is 39.7 Å². The summed E-state index contributed by atoms with van der Waals surface area (Å²) in [6, 6.07) is 5.71. The van der Waals surface area contributed by atoms with Crippen LogP contribution in [0.1, 0.15) is 68.8 Å². The van der Waals surface area contributed by atoms with Crippen LogP contribution < -0.4 is 10.5 Å². The van der Waals surface area contributed by atoms with Crippen molar-refractivity contribution in [2.75, 3.05) is 24.5 Å². The third-order valence-electron chi connectivity index (χ3n) is 6.54. The number of aliphatic hydroxyl groups is 1. The first-order valence-electron chi connectivity index (χ1n) is 10.6. The minimum absolute atomic E-state index is 0.0316. The van der Waals surface area contributed by atoms with E-state index in [1.807, 2.05) is 6.07 Å². The van der Waals surface area contributed by atoms with Crippen LogP contribution in [0.5, 0.6) is 0 Å². The zero-order valence-electron chi connectivity index (χ0n) is 17.7. The number of piperidine rings is 1. The van der Waals surface area contributed by atoms with Crippen LogP contribution in [-0.4, -0.2) is 47.2 Å². The van der Waals surface area contributed by atoms with Gasteiger partial charge in [0.15, 0.2) is 0 Å². The van der Waals surface area contributed by atoms with Crippen molar-refractivity contribution in [2.24, 2.45) is 0 Å². The van der Waals surface area contributed by atoms with Gasteiger partial charge in [0.1, 0.15) is 11.1 Å². The molecule has 2 aromatic rings. The lowest BCUT2D eigenvalue weighted by molar-refractivity contribution is 0.0543. The number of hydrogen-bond donors (Lipinski definition) is 1. The Morgan fingerprint density at radius 3 is 2.59 bits per heavy atom. The Bertz CT molecular complexity index is 1000. The van der Waals surface area contributed by atoms with Crippen molar-refractivity contribution in [1.29, 1.82) is 0 Å². The van der Waals surface area contributed by atoms with Gasteiger partial charge in [-0.3, -0.25) is 4.79 Å². The van der Waals surface area contributed by atoms with Crippen LogP contribution in [0.2, 0.25) is 0 Å². The highest BCUT2D eigenvalue weighted by molar-refractivity contribution is 5.97. The van der Waals surface area contributed by atoms with Crippen LogP contribution in [0, 0.1) is 0 Å². The van der Waals surface area contributed by atoms with Gasteiger partial charge in [-0.15, -0.1) is 0 Å². The Morgan fingerprint density at radius 2 is 1.93 bits per heavy atom. The lowest BCUT2D eigenvalue weighted by atomic mass is 9.79. The smallest absolute Gasteiger partial charge is 0.349 e. The van der Waals surface area contributed by atoms with Crippen molar-refractivity contribution < 1.29 is 14.3 Å². The fourth-order valence-corrected chi connectivity index (χ4v) is 5.08. The molecule has 1 aromatic carbocycles. The molecule has 0 bridgehead atoms. The van der Waals surface area contributed by atoms with Gasteiger partial charge in [0.2, 0.25) is 0 Å². The second-order valence-electron chi connectivity index (χ2n) is 9.08. The van der Waals surface area contributed by atoms with Gasteiger partial charge in [-0.05, 0) is 63.6 Å². The minimum Gasteiger partial charge on any atom is -0.422 e. The lowest BCUT2D eigenvalue weighted by Crippen LogP contribution is -2.48. The first-order valence-corrected chi connectivity index (χ1v) is 10.6. The molecule has 1 amide bonds. The number of rotatable bonds is 2. The van der Waals surface area contributed by atoms with E-state index in [0.717, 1.165) is 24.0 Å². The second-order valence-corrected chi connectivity index (χ2v) is 9.08. The summed E-state index contributed by atoms with van der Waals surface area (Å²) in [7, 11) is 0. The predicted octanol–water partition coefficient (Wildman–Crippen LogP) is 3.50. The highest BCUT2D eigenvalue weighted by Gasteiger charge is 2.36. The molecule has 1 N–H and O–H groups in total. The van der Waals surface area contributed by atoms with Crippen LogP contribution in [0.25, 0.3) is 11.0 Å². The molecule has 1 saturated heterocycles. The summed E-state index contributed by atoms with van der Waals surface area (Å²) in [5, 5.41) is 10.5. The summed E-state index contributed by atoms with van der Waals surface area (Å²) < 4.78 is 5.61. The van der Waals surface area contributed by atoms with E-state index >= 15 is 0 Å². The van der Waals surface area contributed by atoms with E-state index in [1.54, 1.807) is 11.0 Å². The summed E-state index contributed by atoms with van der Waals surface area (Å²) in [5.41, 5.74) is 2.36. The van der Waals surface area contributed by atoms with Crippen molar-refractivity contribution >= 4 is 22.6 Å². The van der Waals surface area contributed by atoms with Crippen molar-refractivity contribution in [3.8, 4) is 0 Å². The molecule has 29 heavy (non-hydrogen) atoms. The van der Waals surface area contributed by atoms with E-state index in [9.17, 15) is 14.7 Å². The average Bonchev–Trinajstić information content (AvgIpc) is 2.66. The molecule has 3 heterocycles. The molecule has 1 unspecified atom stereocenters. The van der Waals surface area contributed by atoms with Crippen molar-refractivity contribution in [2.45, 2.75) is 64.5 Å². The van der Waals surface area contributed by atoms with Gasteiger partial charge in [-0.1, -0.05) is 6.92 Å². The monoisotopic (exact) mass is 398 g/mol. The number of amides is 1. The maximum Gasteiger partial charge on any atom is 0.349 e. The van der Waals surface area contributed by atoms with Gasteiger partial charge in [-0.25, -0.2) is 4.79 Å². The predicted molar refractivity (Wildman–Crippen MR) is 114 cm³/mol. The fraction of sp³-hybridized carbons (Fsp3) is 0.565. The lowest BCUT2D eigenvalue weighted by Gasteiger charge is -2.47. The minimum atomic E-state index is -0.597. The van der Waals surface area contributed by atoms with Gasteiger partial charge in [-0.2, -0.15) is 0 Å². The molecule has 6 heteroatoms. The van der Waals surface area contributed by atoms with E-state index in [2.05, 4.69) is 38.7 Å². The highest BCUT2D eigenvalue weighted by atomic mass is 16.4. The third kappa shape index (κ3) is 3.44.